The van der Waals surface area contributed by atoms with Crippen molar-refractivity contribution in [2.75, 3.05) is 5.32 Å². The Morgan fingerprint density at radius 3 is 2.48 bits per heavy atom. The third kappa shape index (κ3) is 3.59. The summed E-state index contributed by atoms with van der Waals surface area (Å²) in [6, 6.07) is 20.3. The van der Waals surface area contributed by atoms with Crippen LogP contribution in [-0.2, 0) is 0 Å². The minimum Gasteiger partial charge on any atom is -0.338 e. The van der Waals surface area contributed by atoms with E-state index in [4.69, 9.17) is 9.97 Å². The maximum atomic E-state index is 4.79. The van der Waals surface area contributed by atoms with Crippen molar-refractivity contribution in [1.29, 1.82) is 0 Å². The lowest BCUT2D eigenvalue weighted by Crippen LogP contribution is -2.00. The van der Waals surface area contributed by atoms with Gasteiger partial charge in [-0.15, -0.1) is 11.3 Å². The number of aryl methyl sites for hydroxylation is 1. The van der Waals surface area contributed by atoms with Crippen LogP contribution >= 0.6 is 11.3 Å². The molecule has 1 N–H and O–H groups in total. The second-order valence-corrected chi connectivity index (χ2v) is 6.77. The Hall–Kier alpha value is -2.98. The van der Waals surface area contributed by atoms with Crippen molar-refractivity contribution in [3.63, 3.8) is 0 Å². The summed E-state index contributed by atoms with van der Waals surface area (Å²) in [5, 5.41) is 5.48. The highest BCUT2D eigenvalue weighted by atomic mass is 32.1. The molecule has 2 heterocycles. The standard InChI is InChI=1S/C21H17N3S/c1-15-6-4-7-16(14-15)22-21-20(12-11-17-8-5-13-25-17)23-18-9-2-3-10-19(18)24-21/h2-14H,1H3,(H,22,24). The zero-order valence-electron chi connectivity index (χ0n) is 13.8. The molecular weight excluding hydrogens is 326 g/mol. The van der Waals surface area contributed by atoms with Crippen molar-refractivity contribution >= 4 is 46.0 Å². The summed E-state index contributed by atoms with van der Waals surface area (Å²) in [5.41, 5.74) is 4.81. The Morgan fingerprint density at radius 1 is 0.880 bits per heavy atom. The zero-order chi connectivity index (χ0) is 17.1. The lowest BCUT2D eigenvalue weighted by Gasteiger charge is -2.10. The topological polar surface area (TPSA) is 37.8 Å². The first-order valence-corrected chi connectivity index (χ1v) is 8.98. The summed E-state index contributed by atoms with van der Waals surface area (Å²) >= 11 is 1.70. The predicted molar refractivity (Wildman–Crippen MR) is 107 cm³/mol. The second-order valence-electron chi connectivity index (χ2n) is 5.79. The van der Waals surface area contributed by atoms with Gasteiger partial charge < -0.3 is 5.32 Å². The number of benzene rings is 2. The first-order valence-electron chi connectivity index (χ1n) is 8.10. The van der Waals surface area contributed by atoms with Crippen LogP contribution in [0, 0.1) is 6.92 Å². The molecule has 4 aromatic rings. The van der Waals surface area contributed by atoms with Crippen molar-refractivity contribution in [2.45, 2.75) is 6.92 Å². The van der Waals surface area contributed by atoms with Gasteiger partial charge in [0.25, 0.3) is 0 Å². The molecule has 2 aromatic carbocycles. The van der Waals surface area contributed by atoms with Crippen LogP contribution in [0.4, 0.5) is 11.5 Å². The quantitative estimate of drug-likeness (QED) is 0.500. The summed E-state index contributed by atoms with van der Waals surface area (Å²) in [4.78, 5) is 10.8. The van der Waals surface area contributed by atoms with Crippen LogP contribution in [0.25, 0.3) is 23.2 Å². The van der Waals surface area contributed by atoms with Crippen LogP contribution < -0.4 is 5.32 Å². The number of aromatic nitrogens is 2. The molecule has 0 atom stereocenters. The minimum absolute atomic E-state index is 0.761. The van der Waals surface area contributed by atoms with Gasteiger partial charge in [-0.05, 0) is 60.4 Å². The molecule has 0 fully saturated rings. The van der Waals surface area contributed by atoms with Crippen LogP contribution in [0.15, 0.2) is 66.0 Å². The number of nitrogens with zero attached hydrogens (tertiary/aromatic N) is 2. The summed E-state index contributed by atoms with van der Waals surface area (Å²) in [5.74, 6) is 0.761. The van der Waals surface area contributed by atoms with E-state index in [1.807, 2.05) is 48.5 Å². The van der Waals surface area contributed by atoms with Crippen LogP contribution in [-0.4, -0.2) is 9.97 Å². The number of hydrogen-bond acceptors (Lipinski definition) is 4. The first kappa shape index (κ1) is 15.5. The summed E-state index contributed by atoms with van der Waals surface area (Å²) in [6.45, 7) is 2.08. The Balaban J connectivity index is 1.78. The molecule has 0 aliphatic carbocycles. The fraction of sp³-hybridized carbons (Fsp3) is 0.0476. The summed E-state index contributed by atoms with van der Waals surface area (Å²) < 4.78 is 0. The zero-order valence-corrected chi connectivity index (χ0v) is 14.6. The molecule has 4 rings (SSSR count). The maximum absolute atomic E-state index is 4.79. The van der Waals surface area contributed by atoms with E-state index in [1.165, 1.54) is 10.4 Å². The average molecular weight is 343 g/mol. The van der Waals surface area contributed by atoms with Gasteiger partial charge in [0.05, 0.1) is 11.0 Å². The maximum Gasteiger partial charge on any atom is 0.157 e. The van der Waals surface area contributed by atoms with Gasteiger partial charge in [0.2, 0.25) is 0 Å². The Bertz CT molecular complexity index is 1040. The van der Waals surface area contributed by atoms with E-state index in [0.717, 1.165) is 28.2 Å². The molecular formula is C21H17N3S. The third-order valence-electron chi connectivity index (χ3n) is 3.83. The highest BCUT2D eigenvalue weighted by Gasteiger charge is 2.07. The second kappa shape index (κ2) is 6.87. The SMILES string of the molecule is Cc1cccc(Nc2nc3ccccc3nc2C=Cc2cccs2)c1. The van der Waals surface area contributed by atoms with Crippen molar-refractivity contribution in [3.8, 4) is 0 Å². The molecule has 0 amide bonds. The van der Waals surface area contributed by atoms with Gasteiger partial charge in [0, 0.05) is 10.6 Å². The van der Waals surface area contributed by atoms with Gasteiger partial charge in [-0.1, -0.05) is 30.3 Å². The predicted octanol–water partition coefficient (Wildman–Crippen LogP) is 5.91. The Kier molecular flexibility index (Phi) is 4.27. The van der Waals surface area contributed by atoms with E-state index < -0.39 is 0 Å². The molecule has 0 saturated heterocycles. The van der Waals surface area contributed by atoms with Gasteiger partial charge in [-0.2, -0.15) is 0 Å². The van der Waals surface area contributed by atoms with Crippen molar-refractivity contribution in [1.82, 2.24) is 9.97 Å². The van der Waals surface area contributed by atoms with E-state index in [0.29, 0.717) is 0 Å². The van der Waals surface area contributed by atoms with E-state index in [-0.39, 0.29) is 0 Å². The minimum atomic E-state index is 0.761. The smallest absolute Gasteiger partial charge is 0.157 e. The summed E-state index contributed by atoms with van der Waals surface area (Å²) in [6.07, 6.45) is 4.09. The molecule has 4 heteroatoms. The monoisotopic (exact) mass is 343 g/mol. The molecule has 0 aliphatic heterocycles. The van der Waals surface area contributed by atoms with E-state index >= 15 is 0 Å². The highest BCUT2D eigenvalue weighted by Crippen LogP contribution is 2.24. The van der Waals surface area contributed by atoms with Gasteiger partial charge in [-0.25, -0.2) is 9.97 Å². The molecule has 0 radical (unpaired) electrons. The average Bonchev–Trinajstić information content (AvgIpc) is 3.13. The van der Waals surface area contributed by atoms with Gasteiger partial charge in [-0.3, -0.25) is 0 Å². The van der Waals surface area contributed by atoms with Gasteiger partial charge >= 0.3 is 0 Å². The van der Waals surface area contributed by atoms with Crippen LogP contribution in [0.2, 0.25) is 0 Å². The van der Waals surface area contributed by atoms with Crippen molar-refractivity contribution in [3.05, 3.63) is 82.2 Å². The number of nitrogens with one attached hydrogen (secondary N) is 1. The molecule has 0 bridgehead atoms. The van der Waals surface area contributed by atoms with E-state index in [1.54, 1.807) is 11.3 Å². The molecule has 3 nitrogen and oxygen atoms in total. The molecule has 0 spiro atoms. The lowest BCUT2D eigenvalue weighted by atomic mass is 10.2. The van der Waals surface area contributed by atoms with Gasteiger partial charge in [0.1, 0.15) is 5.69 Å². The fourth-order valence-corrected chi connectivity index (χ4v) is 3.25. The van der Waals surface area contributed by atoms with Crippen molar-refractivity contribution < 1.29 is 0 Å². The number of fused-ring (bicyclic) bond motifs is 1. The number of anilines is 2. The number of rotatable bonds is 4. The largest absolute Gasteiger partial charge is 0.338 e. The van der Waals surface area contributed by atoms with Gasteiger partial charge in [0.15, 0.2) is 5.82 Å². The molecule has 122 valence electrons. The van der Waals surface area contributed by atoms with Crippen LogP contribution in [0.5, 0.6) is 0 Å². The van der Waals surface area contributed by atoms with Crippen LogP contribution in [0.1, 0.15) is 16.1 Å². The molecule has 0 saturated carbocycles. The third-order valence-corrected chi connectivity index (χ3v) is 4.66. The van der Waals surface area contributed by atoms with Crippen LogP contribution in [0.3, 0.4) is 0 Å². The molecule has 25 heavy (non-hydrogen) atoms. The highest BCUT2D eigenvalue weighted by molar-refractivity contribution is 7.10. The molecule has 2 aromatic heterocycles. The molecule has 0 aliphatic rings. The number of para-hydroxylation sites is 2. The first-order chi connectivity index (χ1) is 12.3. The van der Waals surface area contributed by atoms with E-state index in [2.05, 4.69) is 41.9 Å². The fourth-order valence-electron chi connectivity index (χ4n) is 2.63. The number of thiophene rings is 1. The Morgan fingerprint density at radius 2 is 1.72 bits per heavy atom. The summed E-state index contributed by atoms with van der Waals surface area (Å²) in [7, 11) is 0. The molecule has 0 unspecified atom stereocenters. The Labute approximate surface area is 150 Å². The normalized spacial score (nSPS) is 11.2. The van der Waals surface area contributed by atoms with Crippen molar-refractivity contribution in [2.24, 2.45) is 0 Å². The van der Waals surface area contributed by atoms with E-state index in [9.17, 15) is 0 Å². The lowest BCUT2D eigenvalue weighted by molar-refractivity contribution is 1.25. The number of hydrogen-bond donors (Lipinski definition) is 1.